The smallest absolute Gasteiger partial charge is 0.387 e. The number of nitrogens with one attached hydrogen (secondary N) is 2. The summed E-state index contributed by atoms with van der Waals surface area (Å²) in [6.45, 7) is -0.781. The van der Waals surface area contributed by atoms with Gasteiger partial charge in [-0.3, -0.25) is 4.79 Å². The Balaban J connectivity index is 0.00000225. The number of amides is 1. The quantitative estimate of drug-likeness (QED) is 0.823. The molecule has 0 saturated carbocycles. The van der Waals surface area contributed by atoms with E-state index in [2.05, 4.69) is 27.5 Å². The van der Waals surface area contributed by atoms with Crippen LogP contribution in [-0.4, -0.2) is 12.5 Å². The summed E-state index contributed by atoms with van der Waals surface area (Å²) in [5.41, 5.74) is 3.98. The van der Waals surface area contributed by atoms with Gasteiger partial charge in [-0.2, -0.15) is 8.78 Å². The van der Waals surface area contributed by atoms with Gasteiger partial charge >= 0.3 is 6.61 Å². The number of hydrogen-bond donors (Lipinski definition) is 2. The number of alkyl halides is 2. The Hall–Kier alpha value is -2.18. The zero-order valence-corrected chi connectivity index (χ0v) is 14.2. The fourth-order valence-corrected chi connectivity index (χ4v) is 2.76. The molecule has 1 amide bonds. The lowest BCUT2D eigenvalue weighted by Gasteiger charge is -2.11. The second-order valence-corrected chi connectivity index (χ2v) is 5.65. The normalized spacial score (nSPS) is 12.4. The van der Waals surface area contributed by atoms with E-state index in [9.17, 15) is 13.6 Å². The Morgan fingerprint density at radius 2 is 1.92 bits per heavy atom. The van der Waals surface area contributed by atoms with Crippen molar-refractivity contribution >= 4 is 18.3 Å². The van der Waals surface area contributed by atoms with E-state index in [1.807, 2.05) is 6.07 Å². The van der Waals surface area contributed by atoms with Gasteiger partial charge in [0, 0.05) is 25.2 Å². The van der Waals surface area contributed by atoms with Gasteiger partial charge in [0.05, 0.1) is 6.42 Å². The van der Waals surface area contributed by atoms with Crippen LogP contribution in [0, 0.1) is 0 Å². The third-order valence-electron chi connectivity index (χ3n) is 3.93. The molecule has 0 fully saturated rings. The third-order valence-corrected chi connectivity index (χ3v) is 3.93. The van der Waals surface area contributed by atoms with Gasteiger partial charge in [-0.25, -0.2) is 0 Å². The van der Waals surface area contributed by atoms with Crippen molar-refractivity contribution in [3.8, 4) is 5.75 Å². The first kappa shape index (κ1) is 19.1. The van der Waals surface area contributed by atoms with Crippen LogP contribution in [0.4, 0.5) is 8.78 Å². The molecule has 134 valence electrons. The predicted octanol–water partition coefficient (Wildman–Crippen LogP) is 3.17. The van der Waals surface area contributed by atoms with Gasteiger partial charge in [0.2, 0.25) is 5.91 Å². The Morgan fingerprint density at radius 3 is 2.72 bits per heavy atom. The van der Waals surface area contributed by atoms with Gasteiger partial charge < -0.3 is 15.4 Å². The summed E-state index contributed by atoms with van der Waals surface area (Å²) in [4.78, 5) is 12.1. The first-order valence-corrected chi connectivity index (χ1v) is 7.72. The van der Waals surface area contributed by atoms with Crippen LogP contribution in [0.15, 0.2) is 42.5 Å². The number of carbonyl (C=O) groups excluding carboxylic acids is 1. The highest BCUT2D eigenvalue weighted by Crippen LogP contribution is 2.21. The summed E-state index contributed by atoms with van der Waals surface area (Å²) in [7, 11) is 0. The average molecular weight is 369 g/mol. The number of benzene rings is 2. The summed E-state index contributed by atoms with van der Waals surface area (Å²) in [5.74, 6) is -0.204. The highest BCUT2D eigenvalue weighted by molar-refractivity contribution is 5.85. The van der Waals surface area contributed by atoms with Crippen LogP contribution in [0.2, 0.25) is 0 Å². The molecule has 1 heterocycles. The van der Waals surface area contributed by atoms with Crippen LogP contribution in [-0.2, 0) is 30.8 Å². The maximum absolute atomic E-state index is 12.4. The van der Waals surface area contributed by atoms with E-state index in [-0.39, 0.29) is 30.5 Å². The minimum atomic E-state index is -2.91. The first-order valence-electron chi connectivity index (χ1n) is 7.72. The molecule has 0 aliphatic carbocycles. The fourth-order valence-electron chi connectivity index (χ4n) is 2.76. The minimum Gasteiger partial charge on any atom is -0.435 e. The van der Waals surface area contributed by atoms with Crippen molar-refractivity contribution in [2.24, 2.45) is 0 Å². The van der Waals surface area contributed by atoms with Gasteiger partial charge in [0.1, 0.15) is 5.75 Å². The number of hydrogen-bond acceptors (Lipinski definition) is 3. The zero-order valence-electron chi connectivity index (χ0n) is 13.4. The van der Waals surface area contributed by atoms with Crippen molar-refractivity contribution in [2.45, 2.75) is 32.7 Å². The summed E-state index contributed by atoms with van der Waals surface area (Å²) in [6, 6.07) is 12.4. The topological polar surface area (TPSA) is 50.4 Å². The molecule has 0 spiro atoms. The molecule has 1 aliphatic rings. The van der Waals surface area contributed by atoms with Gasteiger partial charge in [0.15, 0.2) is 0 Å². The Labute approximate surface area is 151 Å². The van der Waals surface area contributed by atoms with Crippen molar-refractivity contribution in [3.63, 3.8) is 0 Å². The molecule has 3 rings (SSSR count). The maximum atomic E-state index is 12.4. The fraction of sp³-hybridized carbons (Fsp3) is 0.278. The number of fused-ring (bicyclic) bond motifs is 1. The number of halogens is 3. The predicted molar refractivity (Wildman–Crippen MR) is 92.9 cm³/mol. The lowest BCUT2D eigenvalue weighted by atomic mass is 10.1. The van der Waals surface area contributed by atoms with Gasteiger partial charge in [-0.1, -0.05) is 36.4 Å². The molecule has 7 heteroatoms. The molecule has 2 aromatic rings. The molecule has 0 aromatic heterocycles. The summed E-state index contributed by atoms with van der Waals surface area (Å²) in [5, 5.41) is 6.09. The molecule has 2 aromatic carbocycles. The maximum Gasteiger partial charge on any atom is 0.387 e. The zero-order chi connectivity index (χ0) is 16.9. The SMILES string of the molecule is Cl.O=C(Cc1ccccc1OC(F)F)NCc1ccc2c(c1)CNC2. The van der Waals surface area contributed by atoms with Crippen LogP contribution in [0.1, 0.15) is 22.3 Å². The Bertz CT molecular complexity index is 741. The Kier molecular flexibility index (Phi) is 6.73. The standard InChI is InChI=1S/C18H18F2N2O2.ClH/c19-18(20)24-16-4-2-1-3-13(16)8-17(23)22-9-12-5-6-14-10-21-11-15(14)7-12;/h1-7,18,21H,8-11H2,(H,22,23);1H. The van der Waals surface area contributed by atoms with Crippen molar-refractivity contribution in [1.29, 1.82) is 0 Å². The van der Waals surface area contributed by atoms with Crippen LogP contribution in [0.5, 0.6) is 5.75 Å². The number of para-hydroxylation sites is 1. The van der Waals surface area contributed by atoms with Gasteiger partial charge in [-0.05, 0) is 22.8 Å². The van der Waals surface area contributed by atoms with Gasteiger partial charge in [-0.15, -0.1) is 12.4 Å². The molecule has 0 saturated heterocycles. The van der Waals surface area contributed by atoms with Crippen molar-refractivity contribution in [1.82, 2.24) is 10.6 Å². The minimum absolute atomic E-state index is 0. The van der Waals surface area contributed by atoms with Crippen molar-refractivity contribution in [2.75, 3.05) is 0 Å². The molecule has 0 bridgehead atoms. The second-order valence-electron chi connectivity index (χ2n) is 5.65. The molecule has 0 atom stereocenters. The van der Waals surface area contributed by atoms with E-state index in [1.165, 1.54) is 17.2 Å². The monoisotopic (exact) mass is 368 g/mol. The molecule has 0 radical (unpaired) electrons. The second kappa shape index (κ2) is 8.78. The van der Waals surface area contributed by atoms with E-state index >= 15 is 0 Å². The number of carbonyl (C=O) groups is 1. The lowest BCUT2D eigenvalue weighted by Crippen LogP contribution is -2.25. The highest BCUT2D eigenvalue weighted by Gasteiger charge is 2.13. The van der Waals surface area contributed by atoms with Crippen LogP contribution < -0.4 is 15.4 Å². The number of rotatable bonds is 6. The third kappa shape index (κ3) is 5.14. The number of ether oxygens (including phenoxy) is 1. The van der Waals surface area contributed by atoms with Gasteiger partial charge in [0.25, 0.3) is 0 Å². The largest absolute Gasteiger partial charge is 0.435 e. The molecule has 1 aliphatic heterocycles. The van der Waals surface area contributed by atoms with E-state index in [0.29, 0.717) is 12.1 Å². The lowest BCUT2D eigenvalue weighted by molar-refractivity contribution is -0.120. The van der Waals surface area contributed by atoms with Crippen LogP contribution in [0.3, 0.4) is 0 Å². The molecule has 2 N–H and O–H groups in total. The van der Waals surface area contributed by atoms with E-state index in [4.69, 9.17) is 0 Å². The van der Waals surface area contributed by atoms with Crippen LogP contribution >= 0.6 is 12.4 Å². The summed E-state index contributed by atoms with van der Waals surface area (Å²) >= 11 is 0. The van der Waals surface area contributed by atoms with Crippen molar-refractivity contribution < 1.29 is 18.3 Å². The van der Waals surface area contributed by atoms with Crippen LogP contribution in [0.25, 0.3) is 0 Å². The summed E-state index contributed by atoms with van der Waals surface area (Å²) < 4.78 is 29.2. The molecular formula is C18H19ClF2N2O2. The van der Waals surface area contributed by atoms with Crippen molar-refractivity contribution in [3.05, 3.63) is 64.7 Å². The summed E-state index contributed by atoms with van der Waals surface area (Å²) in [6.07, 6.45) is -0.00457. The molecule has 0 unspecified atom stereocenters. The molecular weight excluding hydrogens is 350 g/mol. The molecule has 25 heavy (non-hydrogen) atoms. The average Bonchev–Trinajstić information content (AvgIpc) is 3.02. The first-order chi connectivity index (χ1) is 11.6. The Morgan fingerprint density at radius 1 is 1.16 bits per heavy atom. The van der Waals surface area contributed by atoms with E-state index in [1.54, 1.807) is 18.2 Å². The van der Waals surface area contributed by atoms with E-state index < -0.39 is 6.61 Å². The highest BCUT2D eigenvalue weighted by atomic mass is 35.5. The molecule has 4 nitrogen and oxygen atoms in total. The van der Waals surface area contributed by atoms with E-state index in [0.717, 1.165) is 18.7 Å².